The average Bonchev–Trinajstić information content (AvgIpc) is 2.85. The standard InChI is InChI=1S/C18H21NO/c1-4-13-9-10-17(20-3)15(11-13)18(2)12-19-16-8-6-5-7-14(16)18/h5-11,19H,4,12H2,1-3H3. The number of nitrogens with one attached hydrogen (secondary N) is 1. The van der Waals surface area contributed by atoms with Crippen molar-refractivity contribution in [2.45, 2.75) is 25.7 Å². The summed E-state index contributed by atoms with van der Waals surface area (Å²) in [7, 11) is 1.75. The van der Waals surface area contributed by atoms with Crippen molar-refractivity contribution in [3.8, 4) is 5.75 Å². The molecule has 0 aliphatic carbocycles. The Morgan fingerprint density at radius 1 is 1.15 bits per heavy atom. The number of aryl methyl sites for hydroxylation is 1. The van der Waals surface area contributed by atoms with E-state index in [4.69, 9.17) is 4.74 Å². The van der Waals surface area contributed by atoms with Crippen LogP contribution in [0.3, 0.4) is 0 Å². The Balaban J connectivity index is 2.18. The van der Waals surface area contributed by atoms with Crippen LogP contribution in [0.4, 0.5) is 5.69 Å². The molecule has 0 saturated heterocycles. The maximum absolute atomic E-state index is 5.61. The van der Waals surface area contributed by atoms with Gasteiger partial charge in [0.05, 0.1) is 7.11 Å². The maximum Gasteiger partial charge on any atom is 0.123 e. The summed E-state index contributed by atoms with van der Waals surface area (Å²) < 4.78 is 5.61. The first-order valence-corrected chi connectivity index (χ1v) is 7.20. The molecule has 0 saturated carbocycles. The van der Waals surface area contributed by atoms with Gasteiger partial charge in [0.15, 0.2) is 0 Å². The van der Waals surface area contributed by atoms with Gasteiger partial charge in [-0.3, -0.25) is 0 Å². The zero-order chi connectivity index (χ0) is 14.2. The molecule has 0 fully saturated rings. The monoisotopic (exact) mass is 267 g/mol. The summed E-state index contributed by atoms with van der Waals surface area (Å²) in [6.45, 7) is 5.40. The van der Waals surface area contributed by atoms with Crippen LogP contribution >= 0.6 is 0 Å². The number of methoxy groups -OCH3 is 1. The number of fused-ring (bicyclic) bond motifs is 1. The number of ether oxygens (including phenoxy) is 1. The predicted octanol–water partition coefficient (Wildman–Crippen LogP) is 3.99. The molecule has 2 nitrogen and oxygen atoms in total. The molecule has 1 unspecified atom stereocenters. The van der Waals surface area contributed by atoms with Gasteiger partial charge in [-0.15, -0.1) is 0 Å². The summed E-state index contributed by atoms with van der Waals surface area (Å²) in [6, 6.07) is 15.1. The first-order chi connectivity index (χ1) is 9.69. The van der Waals surface area contributed by atoms with Crippen molar-refractivity contribution in [3.05, 3.63) is 59.2 Å². The van der Waals surface area contributed by atoms with Gasteiger partial charge in [-0.25, -0.2) is 0 Å². The third-order valence-corrected chi connectivity index (χ3v) is 4.42. The number of benzene rings is 2. The maximum atomic E-state index is 5.61. The third-order valence-electron chi connectivity index (χ3n) is 4.42. The lowest BCUT2D eigenvalue weighted by molar-refractivity contribution is 0.400. The molecule has 0 spiro atoms. The summed E-state index contributed by atoms with van der Waals surface area (Å²) in [6.07, 6.45) is 1.04. The fourth-order valence-corrected chi connectivity index (χ4v) is 3.13. The molecule has 2 aromatic carbocycles. The predicted molar refractivity (Wildman–Crippen MR) is 83.8 cm³/mol. The second kappa shape index (κ2) is 4.86. The van der Waals surface area contributed by atoms with E-state index in [1.807, 2.05) is 0 Å². The minimum atomic E-state index is -0.0346. The highest BCUT2D eigenvalue weighted by molar-refractivity contribution is 5.65. The van der Waals surface area contributed by atoms with Crippen LogP contribution in [0.5, 0.6) is 5.75 Å². The third kappa shape index (κ3) is 1.87. The van der Waals surface area contributed by atoms with E-state index in [2.05, 4.69) is 61.6 Å². The second-order valence-corrected chi connectivity index (χ2v) is 5.62. The van der Waals surface area contributed by atoms with Crippen molar-refractivity contribution in [2.75, 3.05) is 19.0 Å². The summed E-state index contributed by atoms with van der Waals surface area (Å²) in [5.74, 6) is 0.975. The molecular weight excluding hydrogens is 246 g/mol. The van der Waals surface area contributed by atoms with Crippen molar-refractivity contribution < 1.29 is 4.74 Å². The van der Waals surface area contributed by atoms with Gasteiger partial charge < -0.3 is 10.1 Å². The topological polar surface area (TPSA) is 21.3 Å². The molecule has 3 rings (SSSR count). The SMILES string of the molecule is CCc1ccc(OC)c(C2(C)CNc3ccccc32)c1. The fourth-order valence-electron chi connectivity index (χ4n) is 3.13. The minimum absolute atomic E-state index is 0.0346. The quantitative estimate of drug-likeness (QED) is 0.908. The van der Waals surface area contributed by atoms with E-state index in [-0.39, 0.29) is 5.41 Å². The van der Waals surface area contributed by atoms with E-state index in [1.54, 1.807) is 7.11 Å². The molecule has 1 atom stereocenters. The number of hydrogen-bond acceptors (Lipinski definition) is 2. The highest BCUT2D eigenvalue weighted by atomic mass is 16.5. The van der Waals surface area contributed by atoms with Crippen molar-refractivity contribution in [1.82, 2.24) is 0 Å². The number of rotatable bonds is 3. The molecule has 1 aliphatic rings. The zero-order valence-corrected chi connectivity index (χ0v) is 12.4. The van der Waals surface area contributed by atoms with Crippen LogP contribution < -0.4 is 10.1 Å². The van der Waals surface area contributed by atoms with Gasteiger partial charge in [-0.1, -0.05) is 37.3 Å². The lowest BCUT2D eigenvalue weighted by Crippen LogP contribution is -2.26. The molecule has 104 valence electrons. The molecule has 2 heteroatoms. The molecule has 20 heavy (non-hydrogen) atoms. The lowest BCUT2D eigenvalue weighted by Gasteiger charge is -2.27. The van der Waals surface area contributed by atoms with E-state index in [0.717, 1.165) is 18.7 Å². The Hall–Kier alpha value is -1.96. The van der Waals surface area contributed by atoms with Crippen LogP contribution in [0.25, 0.3) is 0 Å². The summed E-state index contributed by atoms with van der Waals surface area (Å²) in [4.78, 5) is 0. The number of hydrogen-bond donors (Lipinski definition) is 1. The Morgan fingerprint density at radius 2 is 1.95 bits per heavy atom. The highest BCUT2D eigenvalue weighted by Gasteiger charge is 2.37. The van der Waals surface area contributed by atoms with Gasteiger partial charge in [0.2, 0.25) is 0 Å². The van der Waals surface area contributed by atoms with Crippen LogP contribution in [0.2, 0.25) is 0 Å². The smallest absolute Gasteiger partial charge is 0.123 e. The molecule has 0 radical (unpaired) electrons. The highest BCUT2D eigenvalue weighted by Crippen LogP contribution is 2.44. The number of para-hydroxylation sites is 1. The normalized spacial score (nSPS) is 20.4. The Morgan fingerprint density at radius 3 is 2.70 bits per heavy atom. The molecule has 1 aliphatic heterocycles. The lowest BCUT2D eigenvalue weighted by atomic mass is 9.77. The Kier molecular flexibility index (Phi) is 3.17. The molecule has 1 heterocycles. The summed E-state index contributed by atoms with van der Waals surface area (Å²) >= 11 is 0. The van der Waals surface area contributed by atoms with E-state index >= 15 is 0 Å². The Labute approximate surface area is 120 Å². The molecule has 0 bridgehead atoms. The van der Waals surface area contributed by atoms with Crippen LogP contribution in [-0.4, -0.2) is 13.7 Å². The van der Waals surface area contributed by atoms with Crippen LogP contribution in [0, 0.1) is 0 Å². The van der Waals surface area contributed by atoms with E-state index in [1.165, 1.54) is 22.4 Å². The number of anilines is 1. The van der Waals surface area contributed by atoms with Crippen LogP contribution in [0.1, 0.15) is 30.5 Å². The van der Waals surface area contributed by atoms with Crippen molar-refractivity contribution in [2.24, 2.45) is 0 Å². The van der Waals surface area contributed by atoms with Crippen LogP contribution in [0.15, 0.2) is 42.5 Å². The molecule has 2 aromatic rings. The Bertz CT molecular complexity index is 635. The second-order valence-electron chi connectivity index (χ2n) is 5.62. The van der Waals surface area contributed by atoms with Gasteiger partial charge in [0, 0.05) is 23.2 Å². The fraction of sp³-hybridized carbons (Fsp3) is 0.333. The average molecular weight is 267 g/mol. The van der Waals surface area contributed by atoms with Gasteiger partial charge in [0.1, 0.15) is 5.75 Å². The van der Waals surface area contributed by atoms with E-state index in [9.17, 15) is 0 Å². The molecule has 0 amide bonds. The van der Waals surface area contributed by atoms with Crippen molar-refractivity contribution in [3.63, 3.8) is 0 Å². The van der Waals surface area contributed by atoms with Gasteiger partial charge in [-0.05, 0) is 36.6 Å². The first-order valence-electron chi connectivity index (χ1n) is 7.20. The van der Waals surface area contributed by atoms with Crippen LogP contribution in [-0.2, 0) is 11.8 Å². The van der Waals surface area contributed by atoms with Crippen molar-refractivity contribution in [1.29, 1.82) is 0 Å². The molecular formula is C18H21NO. The van der Waals surface area contributed by atoms with E-state index in [0.29, 0.717) is 0 Å². The zero-order valence-electron chi connectivity index (χ0n) is 12.4. The largest absolute Gasteiger partial charge is 0.496 e. The van der Waals surface area contributed by atoms with E-state index < -0.39 is 0 Å². The first kappa shape index (κ1) is 13.0. The summed E-state index contributed by atoms with van der Waals surface area (Å²) in [5.41, 5.74) is 5.18. The molecule has 1 N–H and O–H groups in total. The summed E-state index contributed by atoms with van der Waals surface area (Å²) in [5, 5.41) is 3.52. The van der Waals surface area contributed by atoms with Crippen molar-refractivity contribution >= 4 is 5.69 Å². The van der Waals surface area contributed by atoms with Gasteiger partial charge in [0.25, 0.3) is 0 Å². The minimum Gasteiger partial charge on any atom is -0.496 e. The molecule has 0 aromatic heterocycles. The van der Waals surface area contributed by atoms with Gasteiger partial charge in [-0.2, -0.15) is 0 Å². The van der Waals surface area contributed by atoms with Gasteiger partial charge >= 0.3 is 0 Å².